The van der Waals surface area contributed by atoms with Gasteiger partial charge in [0.2, 0.25) is 5.43 Å². The minimum Gasteiger partial charge on any atom is -0.449 e. The van der Waals surface area contributed by atoms with E-state index in [0.29, 0.717) is 5.52 Å². The first-order valence-corrected chi connectivity index (χ1v) is 6.79. The third-order valence-corrected chi connectivity index (χ3v) is 3.89. The fraction of sp³-hybridized carbons (Fsp3) is 0.231. The lowest BCUT2D eigenvalue weighted by Gasteiger charge is -2.13. The van der Waals surface area contributed by atoms with E-state index in [1.54, 1.807) is 4.57 Å². The van der Waals surface area contributed by atoms with Gasteiger partial charge in [-0.3, -0.25) is 4.79 Å². The van der Waals surface area contributed by atoms with E-state index in [4.69, 9.17) is 28.3 Å². The van der Waals surface area contributed by atoms with Crippen LogP contribution in [-0.4, -0.2) is 15.8 Å². The lowest BCUT2D eigenvalue weighted by atomic mass is 10.2. The molecule has 1 aliphatic carbocycles. The van der Waals surface area contributed by atoms with Crippen molar-refractivity contribution >= 4 is 40.3 Å². The van der Waals surface area contributed by atoms with Gasteiger partial charge in [0, 0.05) is 6.04 Å². The third-order valence-electron chi connectivity index (χ3n) is 3.26. The average Bonchev–Trinajstić information content (AvgIpc) is 3.23. The molecule has 1 saturated carbocycles. The summed E-state index contributed by atoms with van der Waals surface area (Å²) in [6, 6.07) is 1.39. The van der Waals surface area contributed by atoms with Crippen LogP contribution in [0.5, 0.6) is 5.75 Å². The molecule has 0 aliphatic heterocycles. The van der Waals surface area contributed by atoms with Crippen molar-refractivity contribution in [3.05, 3.63) is 38.3 Å². The van der Waals surface area contributed by atoms with Gasteiger partial charge in [0.05, 0.1) is 27.1 Å². The van der Waals surface area contributed by atoms with Gasteiger partial charge in [-0.1, -0.05) is 23.2 Å². The van der Waals surface area contributed by atoms with Crippen molar-refractivity contribution in [2.24, 2.45) is 0 Å². The normalized spacial score (nSPS) is 14.4. The molecular weight excluding hydrogens is 324 g/mol. The number of hydrogen-bond acceptors (Lipinski definition) is 3. The number of carboxylic acid groups (broad SMARTS) is 1. The van der Waals surface area contributed by atoms with Crippen LogP contribution in [0.2, 0.25) is 10.0 Å². The van der Waals surface area contributed by atoms with Gasteiger partial charge >= 0.3 is 6.16 Å². The molecule has 0 atom stereocenters. The van der Waals surface area contributed by atoms with Crippen LogP contribution in [0.1, 0.15) is 18.9 Å². The van der Waals surface area contributed by atoms with E-state index >= 15 is 0 Å². The summed E-state index contributed by atoms with van der Waals surface area (Å²) in [4.78, 5) is 22.9. The van der Waals surface area contributed by atoms with E-state index in [2.05, 4.69) is 4.74 Å². The maximum atomic E-state index is 13.8. The molecule has 21 heavy (non-hydrogen) atoms. The Kier molecular flexibility index (Phi) is 3.30. The second-order valence-electron chi connectivity index (χ2n) is 4.71. The Labute approximate surface area is 127 Å². The number of rotatable bonds is 2. The summed E-state index contributed by atoms with van der Waals surface area (Å²) in [5.41, 5.74) is -0.429. The van der Waals surface area contributed by atoms with Crippen molar-refractivity contribution in [2.45, 2.75) is 18.9 Å². The first-order valence-electron chi connectivity index (χ1n) is 6.03. The van der Waals surface area contributed by atoms with E-state index in [-0.39, 0.29) is 16.5 Å². The number of fused-ring (bicyclic) bond motifs is 1. The molecule has 1 aromatic heterocycles. The molecule has 8 heteroatoms. The van der Waals surface area contributed by atoms with Gasteiger partial charge < -0.3 is 14.4 Å². The van der Waals surface area contributed by atoms with Crippen molar-refractivity contribution in [1.82, 2.24) is 4.57 Å². The Morgan fingerprint density at radius 2 is 2.10 bits per heavy atom. The van der Waals surface area contributed by atoms with Crippen LogP contribution in [0.15, 0.2) is 17.1 Å². The molecule has 3 rings (SSSR count). The van der Waals surface area contributed by atoms with Crippen LogP contribution in [0.3, 0.4) is 0 Å². The number of benzene rings is 1. The molecule has 0 spiro atoms. The molecule has 1 aromatic carbocycles. The Bertz CT molecular complexity index is 829. The Hall–Kier alpha value is -1.79. The highest BCUT2D eigenvalue weighted by Gasteiger charge is 2.28. The first kappa shape index (κ1) is 14.2. The van der Waals surface area contributed by atoms with Gasteiger partial charge in [0.15, 0.2) is 11.6 Å². The van der Waals surface area contributed by atoms with E-state index < -0.39 is 28.2 Å². The zero-order chi connectivity index (χ0) is 15.3. The first-order chi connectivity index (χ1) is 9.90. The van der Waals surface area contributed by atoms with Crippen molar-refractivity contribution < 1.29 is 19.0 Å². The quantitative estimate of drug-likeness (QED) is 0.670. The smallest absolute Gasteiger partial charge is 0.449 e. The zero-order valence-corrected chi connectivity index (χ0v) is 11.9. The van der Waals surface area contributed by atoms with E-state index in [1.165, 1.54) is 12.3 Å². The maximum absolute atomic E-state index is 13.8. The minimum absolute atomic E-state index is 0.0850. The predicted molar refractivity (Wildman–Crippen MR) is 75.1 cm³/mol. The van der Waals surface area contributed by atoms with Gasteiger partial charge in [-0.15, -0.1) is 0 Å². The largest absolute Gasteiger partial charge is 0.511 e. The minimum atomic E-state index is -1.63. The Balaban J connectivity index is 2.41. The Morgan fingerprint density at radius 1 is 1.43 bits per heavy atom. The number of pyridine rings is 1. The second-order valence-corrected chi connectivity index (χ2v) is 5.49. The molecule has 0 radical (unpaired) electrons. The van der Waals surface area contributed by atoms with Gasteiger partial charge in [-0.2, -0.15) is 0 Å². The van der Waals surface area contributed by atoms with Gasteiger partial charge in [-0.05, 0) is 18.9 Å². The standard InChI is InChI=1S/C13H8Cl2FNO4/c14-6-3-7-9(10(15)11(6)16)12(18)8(21-13(19)20)4-17(7)5-1-2-5/h3-5H,1-2H2,(H,19,20). The average molecular weight is 332 g/mol. The number of ether oxygens (including phenoxy) is 1. The molecule has 110 valence electrons. The van der Waals surface area contributed by atoms with Crippen molar-refractivity contribution in [2.75, 3.05) is 0 Å². The molecule has 1 aliphatic rings. The van der Waals surface area contributed by atoms with E-state index in [0.717, 1.165) is 12.8 Å². The molecule has 0 unspecified atom stereocenters. The highest BCUT2D eigenvalue weighted by molar-refractivity contribution is 6.38. The summed E-state index contributed by atoms with van der Waals surface area (Å²) in [5, 5.41) is 7.91. The monoisotopic (exact) mass is 331 g/mol. The molecular formula is C13H8Cl2FNO4. The molecule has 1 heterocycles. The lowest BCUT2D eigenvalue weighted by molar-refractivity contribution is 0.143. The molecule has 2 aromatic rings. The summed E-state index contributed by atoms with van der Waals surface area (Å²) >= 11 is 11.6. The molecule has 1 N–H and O–H groups in total. The SMILES string of the molecule is O=C(O)Oc1cn(C2CC2)c2cc(Cl)c(F)c(Cl)c2c1=O. The lowest BCUT2D eigenvalue weighted by Crippen LogP contribution is -2.16. The summed E-state index contributed by atoms with van der Waals surface area (Å²) in [6.45, 7) is 0. The number of carbonyl (C=O) groups is 1. The second kappa shape index (κ2) is 4.89. The fourth-order valence-corrected chi connectivity index (χ4v) is 2.73. The van der Waals surface area contributed by atoms with Crippen LogP contribution in [0.25, 0.3) is 10.9 Å². The topological polar surface area (TPSA) is 68.5 Å². The van der Waals surface area contributed by atoms with Crippen LogP contribution in [-0.2, 0) is 0 Å². The fourth-order valence-electron chi connectivity index (χ4n) is 2.20. The van der Waals surface area contributed by atoms with Crippen LogP contribution in [0, 0.1) is 5.82 Å². The van der Waals surface area contributed by atoms with Crippen molar-refractivity contribution in [3.8, 4) is 5.75 Å². The van der Waals surface area contributed by atoms with Crippen LogP contribution in [0.4, 0.5) is 9.18 Å². The molecule has 5 nitrogen and oxygen atoms in total. The van der Waals surface area contributed by atoms with Gasteiger partial charge in [0.1, 0.15) is 0 Å². The van der Waals surface area contributed by atoms with Crippen molar-refractivity contribution in [1.29, 1.82) is 0 Å². The Morgan fingerprint density at radius 3 is 2.67 bits per heavy atom. The van der Waals surface area contributed by atoms with Crippen molar-refractivity contribution in [3.63, 3.8) is 0 Å². The van der Waals surface area contributed by atoms with Gasteiger partial charge in [0.25, 0.3) is 0 Å². The molecule has 0 amide bonds. The highest BCUT2D eigenvalue weighted by Crippen LogP contribution is 2.40. The van der Waals surface area contributed by atoms with E-state index in [1.807, 2.05) is 0 Å². The summed E-state index contributed by atoms with van der Waals surface area (Å²) < 4.78 is 19.9. The summed E-state index contributed by atoms with van der Waals surface area (Å²) in [7, 11) is 0. The summed E-state index contributed by atoms with van der Waals surface area (Å²) in [6.07, 6.45) is 1.38. The van der Waals surface area contributed by atoms with Crippen LogP contribution >= 0.6 is 23.2 Å². The summed E-state index contributed by atoms with van der Waals surface area (Å²) in [5.74, 6) is -1.33. The molecule has 0 bridgehead atoms. The van der Waals surface area contributed by atoms with E-state index in [9.17, 15) is 14.0 Å². The molecule has 1 fully saturated rings. The number of halogens is 3. The van der Waals surface area contributed by atoms with Gasteiger partial charge in [-0.25, -0.2) is 9.18 Å². The number of aromatic nitrogens is 1. The number of nitrogens with zero attached hydrogens (tertiary/aromatic N) is 1. The van der Waals surface area contributed by atoms with Crippen LogP contribution < -0.4 is 10.2 Å². The number of hydrogen-bond donors (Lipinski definition) is 1. The zero-order valence-electron chi connectivity index (χ0n) is 10.4. The highest BCUT2D eigenvalue weighted by atomic mass is 35.5. The third kappa shape index (κ3) is 2.34. The maximum Gasteiger partial charge on any atom is 0.511 e. The molecule has 0 saturated heterocycles. The predicted octanol–water partition coefficient (Wildman–Crippen LogP) is 3.84.